The van der Waals surface area contributed by atoms with Crippen LogP contribution in [0.15, 0.2) is 6.07 Å². The Morgan fingerprint density at radius 3 is 2.70 bits per heavy atom. The van der Waals surface area contributed by atoms with E-state index in [0.717, 1.165) is 11.3 Å². The molecule has 0 aliphatic rings. The minimum Gasteiger partial charge on any atom is -0.466 e. The van der Waals surface area contributed by atoms with Gasteiger partial charge in [0.1, 0.15) is 5.82 Å². The number of esters is 1. The third-order valence-corrected chi connectivity index (χ3v) is 2.75. The van der Waals surface area contributed by atoms with Gasteiger partial charge in [0.25, 0.3) is 5.91 Å². The predicted octanol–water partition coefficient (Wildman–Crippen LogP) is 1.55. The summed E-state index contributed by atoms with van der Waals surface area (Å²) in [6.45, 7) is 6.35. The van der Waals surface area contributed by atoms with E-state index in [1.54, 1.807) is 6.92 Å². The average Bonchev–Trinajstić information content (AvgIpc) is 2.33. The molecule has 0 fully saturated rings. The van der Waals surface area contributed by atoms with Crippen molar-refractivity contribution in [3.63, 3.8) is 0 Å². The number of primary amides is 1. The molecule has 1 aromatic rings. The molecule has 0 unspecified atom stereocenters. The Hall–Kier alpha value is -2.11. The number of pyridine rings is 1. The second kappa shape index (κ2) is 7.47. The van der Waals surface area contributed by atoms with Gasteiger partial charge < -0.3 is 15.8 Å². The van der Waals surface area contributed by atoms with Gasteiger partial charge in [0.15, 0.2) is 0 Å². The molecule has 110 valence electrons. The lowest BCUT2D eigenvalue weighted by Crippen LogP contribution is -2.18. The van der Waals surface area contributed by atoms with E-state index < -0.39 is 5.91 Å². The number of aryl methyl sites for hydroxylation is 2. The van der Waals surface area contributed by atoms with E-state index in [1.807, 2.05) is 19.9 Å². The van der Waals surface area contributed by atoms with Crippen LogP contribution in [0.3, 0.4) is 0 Å². The molecule has 1 aromatic heterocycles. The molecule has 3 N–H and O–H groups in total. The van der Waals surface area contributed by atoms with Crippen molar-refractivity contribution in [3.05, 3.63) is 22.9 Å². The quantitative estimate of drug-likeness (QED) is 0.583. The van der Waals surface area contributed by atoms with E-state index >= 15 is 0 Å². The van der Waals surface area contributed by atoms with Gasteiger partial charge >= 0.3 is 5.97 Å². The van der Waals surface area contributed by atoms with Gasteiger partial charge in [-0.15, -0.1) is 0 Å². The molecule has 6 nitrogen and oxygen atoms in total. The zero-order valence-corrected chi connectivity index (χ0v) is 12.2. The summed E-state index contributed by atoms with van der Waals surface area (Å²) in [5, 5.41) is 3.05. The lowest BCUT2D eigenvalue weighted by Gasteiger charge is -2.12. The van der Waals surface area contributed by atoms with Crippen LogP contribution in [0.25, 0.3) is 0 Å². The number of rotatable bonds is 7. The fraction of sp³-hybridized carbons (Fsp3) is 0.500. The van der Waals surface area contributed by atoms with Crippen molar-refractivity contribution in [1.82, 2.24) is 4.98 Å². The molecule has 0 aromatic carbocycles. The number of anilines is 1. The summed E-state index contributed by atoms with van der Waals surface area (Å²) in [7, 11) is 0. The Morgan fingerprint density at radius 1 is 1.40 bits per heavy atom. The van der Waals surface area contributed by atoms with Crippen molar-refractivity contribution < 1.29 is 14.3 Å². The zero-order chi connectivity index (χ0) is 15.1. The highest BCUT2D eigenvalue weighted by Gasteiger charge is 2.13. The second-order valence-electron chi connectivity index (χ2n) is 4.50. The molecule has 0 atom stereocenters. The van der Waals surface area contributed by atoms with Crippen LogP contribution >= 0.6 is 0 Å². The second-order valence-corrected chi connectivity index (χ2v) is 4.50. The summed E-state index contributed by atoms with van der Waals surface area (Å²) >= 11 is 0. The smallest absolute Gasteiger partial charge is 0.305 e. The largest absolute Gasteiger partial charge is 0.466 e. The molecule has 1 heterocycles. The van der Waals surface area contributed by atoms with E-state index in [0.29, 0.717) is 37.4 Å². The van der Waals surface area contributed by atoms with Gasteiger partial charge in [-0.1, -0.05) is 0 Å². The lowest BCUT2D eigenvalue weighted by atomic mass is 10.1. The van der Waals surface area contributed by atoms with E-state index in [4.69, 9.17) is 10.5 Å². The molecular weight excluding hydrogens is 258 g/mol. The van der Waals surface area contributed by atoms with Crippen LogP contribution in [0.1, 0.15) is 41.4 Å². The minimum absolute atomic E-state index is 0.224. The molecule has 0 aliphatic carbocycles. The number of hydrogen-bond donors (Lipinski definition) is 2. The first-order chi connectivity index (χ1) is 9.45. The molecule has 1 amide bonds. The fourth-order valence-corrected chi connectivity index (χ4v) is 1.95. The van der Waals surface area contributed by atoms with Crippen molar-refractivity contribution in [2.75, 3.05) is 18.5 Å². The third-order valence-electron chi connectivity index (χ3n) is 2.75. The van der Waals surface area contributed by atoms with Gasteiger partial charge in [0.05, 0.1) is 12.2 Å². The summed E-state index contributed by atoms with van der Waals surface area (Å²) in [5.74, 6) is -0.264. The van der Waals surface area contributed by atoms with E-state index in [2.05, 4.69) is 10.3 Å². The summed E-state index contributed by atoms with van der Waals surface area (Å²) < 4.78 is 4.84. The Kier molecular flexibility index (Phi) is 5.96. The van der Waals surface area contributed by atoms with Gasteiger partial charge in [0, 0.05) is 18.7 Å². The minimum atomic E-state index is -0.511. The SMILES string of the molecule is CCOC(=O)CCCNc1nc(C)cc(C)c1C(N)=O. The number of amides is 1. The Balaban J connectivity index is 2.64. The molecule has 0 saturated carbocycles. The van der Waals surface area contributed by atoms with Crippen LogP contribution in [-0.2, 0) is 9.53 Å². The van der Waals surface area contributed by atoms with Gasteiger partial charge in [-0.05, 0) is 38.8 Å². The van der Waals surface area contributed by atoms with Crippen molar-refractivity contribution in [1.29, 1.82) is 0 Å². The zero-order valence-electron chi connectivity index (χ0n) is 12.2. The topological polar surface area (TPSA) is 94.3 Å². The van der Waals surface area contributed by atoms with Crippen molar-refractivity contribution in [2.45, 2.75) is 33.6 Å². The fourth-order valence-electron chi connectivity index (χ4n) is 1.95. The molecular formula is C14H21N3O3. The van der Waals surface area contributed by atoms with Crippen LogP contribution < -0.4 is 11.1 Å². The van der Waals surface area contributed by atoms with Crippen LogP contribution in [0.5, 0.6) is 0 Å². The third kappa shape index (κ3) is 4.53. The molecule has 0 saturated heterocycles. The van der Waals surface area contributed by atoms with Crippen LogP contribution in [0.2, 0.25) is 0 Å². The normalized spacial score (nSPS) is 10.2. The van der Waals surface area contributed by atoms with Crippen molar-refractivity contribution in [3.8, 4) is 0 Å². The molecule has 1 rings (SSSR count). The molecule has 0 spiro atoms. The summed E-state index contributed by atoms with van der Waals surface area (Å²) in [6.07, 6.45) is 0.934. The van der Waals surface area contributed by atoms with E-state index in [-0.39, 0.29) is 5.97 Å². The van der Waals surface area contributed by atoms with Gasteiger partial charge in [-0.2, -0.15) is 0 Å². The monoisotopic (exact) mass is 279 g/mol. The first kappa shape index (κ1) is 15.9. The highest BCUT2D eigenvalue weighted by molar-refractivity contribution is 5.99. The summed E-state index contributed by atoms with van der Waals surface area (Å²) in [4.78, 5) is 26.9. The Bertz CT molecular complexity index is 501. The number of aromatic nitrogens is 1. The molecule has 0 radical (unpaired) electrons. The highest BCUT2D eigenvalue weighted by Crippen LogP contribution is 2.18. The first-order valence-electron chi connectivity index (χ1n) is 6.63. The molecule has 0 aliphatic heterocycles. The van der Waals surface area contributed by atoms with Gasteiger partial charge in [-0.25, -0.2) is 4.98 Å². The summed E-state index contributed by atoms with van der Waals surface area (Å²) in [5.41, 5.74) is 7.36. The lowest BCUT2D eigenvalue weighted by molar-refractivity contribution is -0.143. The van der Waals surface area contributed by atoms with Crippen LogP contribution in [0.4, 0.5) is 5.82 Å². The number of nitrogens with one attached hydrogen (secondary N) is 1. The number of carbonyl (C=O) groups is 2. The number of nitrogens with zero attached hydrogens (tertiary/aromatic N) is 1. The van der Waals surface area contributed by atoms with Gasteiger partial charge in [0.2, 0.25) is 0 Å². The Labute approximate surface area is 118 Å². The number of carbonyl (C=O) groups excluding carboxylic acids is 2. The number of hydrogen-bond acceptors (Lipinski definition) is 5. The summed E-state index contributed by atoms with van der Waals surface area (Å²) in [6, 6.07) is 1.81. The standard InChI is InChI=1S/C14H21N3O3/c1-4-20-11(18)6-5-7-16-14-12(13(15)19)9(2)8-10(3)17-14/h8H,4-7H2,1-3H3,(H2,15,19)(H,16,17). The van der Waals surface area contributed by atoms with Crippen molar-refractivity contribution in [2.24, 2.45) is 5.73 Å². The molecule has 20 heavy (non-hydrogen) atoms. The molecule has 6 heteroatoms. The van der Waals surface area contributed by atoms with Crippen LogP contribution in [0, 0.1) is 13.8 Å². The number of ether oxygens (including phenoxy) is 1. The molecule has 0 bridgehead atoms. The Morgan fingerprint density at radius 2 is 2.10 bits per heavy atom. The maximum atomic E-state index is 11.4. The highest BCUT2D eigenvalue weighted by atomic mass is 16.5. The van der Waals surface area contributed by atoms with E-state index in [9.17, 15) is 9.59 Å². The van der Waals surface area contributed by atoms with Gasteiger partial charge in [-0.3, -0.25) is 9.59 Å². The predicted molar refractivity (Wildman–Crippen MR) is 76.6 cm³/mol. The maximum Gasteiger partial charge on any atom is 0.305 e. The first-order valence-corrected chi connectivity index (χ1v) is 6.63. The van der Waals surface area contributed by atoms with Crippen LogP contribution in [-0.4, -0.2) is 30.0 Å². The number of nitrogens with two attached hydrogens (primary N) is 1. The van der Waals surface area contributed by atoms with Crippen molar-refractivity contribution >= 4 is 17.7 Å². The average molecular weight is 279 g/mol. The van der Waals surface area contributed by atoms with E-state index in [1.165, 1.54) is 0 Å². The maximum absolute atomic E-state index is 11.4.